The third kappa shape index (κ3) is 2.98. The van der Waals surface area contributed by atoms with Crippen molar-refractivity contribution in [2.24, 2.45) is 10.8 Å². The van der Waals surface area contributed by atoms with Gasteiger partial charge in [-0.1, -0.05) is 27.7 Å². The summed E-state index contributed by atoms with van der Waals surface area (Å²) >= 11 is 0. The lowest BCUT2D eigenvalue weighted by molar-refractivity contribution is 0.0371. The molecule has 1 saturated heterocycles. The highest BCUT2D eigenvalue weighted by Crippen LogP contribution is 2.38. The fourth-order valence-corrected chi connectivity index (χ4v) is 2.70. The Hall–Kier alpha value is -0.0800. The van der Waals surface area contributed by atoms with E-state index in [1.165, 1.54) is 32.4 Å². The lowest BCUT2D eigenvalue weighted by Gasteiger charge is -2.34. The van der Waals surface area contributed by atoms with Crippen LogP contribution in [0.2, 0.25) is 0 Å². The summed E-state index contributed by atoms with van der Waals surface area (Å²) in [5.74, 6) is 0. The summed E-state index contributed by atoms with van der Waals surface area (Å²) in [6.45, 7) is 14.3. The molecule has 16 heavy (non-hydrogen) atoms. The number of rotatable bonds is 5. The molecule has 2 heteroatoms. The van der Waals surface area contributed by atoms with E-state index in [0.717, 1.165) is 6.54 Å². The fraction of sp³-hybridized carbons (Fsp3) is 1.00. The van der Waals surface area contributed by atoms with E-state index in [1.807, 2.05) is 6.92 Å². The molecule has 96 valence electrons. The molecule has 1 rings (SSSR count). The van der Waals surface area contributed by atoms with Crippen LogP contribution in [0.3, 0.4) is 0 Å². The highest BCUT2D eigenvalue weighted by atomic mass is 16.3. The summed E-state index contributed by atoms with van der Waals surface area (Å²) in [7, 11) is 0. The second-order valence-electron chi connectivity index (χ2n) is 6.33. The van der Waals surface area contributed by atoms with E-state index in [1.54, 1.807) is 0 Å². The number of likely N-dealkylation sites (tertiary alicyclic amines) is 1. The monoisotopic (exact) mass is 227 g/mol. The van der Waals surface area contributed by atoms with Crippen LogP contribution in [-0.2, 0) is 0 Å². The molecule has 1 aliphatic rings. The lowest BCUT2D eigenvalue weighted by Crippen LogP contribution is -2.40. The van der Waals surface area contributed by atoms with Crippen molar-refractivity contribution in [3.8, 4) is 0 Å². The second-order valence-corrected chi connectivity index (χ2v) is 6.33. The SMILES string of the molecule is CCC1(CC)CCN(CC(C)(C)C(C)O)C1. The summed E-state index contributed by atoms with van der Waals surface area (Å²) < 4.78 is 0. The molecule has 1 N–H and O–H groups in total. The first-order valence-electron chi connectivity index (χ1n) is 6.75. The van der Waals surface area contributed by atoms with Crippen LogP contribution in [0.1, 0.15) is 53.9 Å². The van der Waals surface area contributed by atoms with E-state index < -0.39 is 0 Å². The first-order valence-corrected chi connectivity index (χ1v) is 6.75. The fourth-order valence-electron chi connectivity index (χ4n) is 2.70. The van der Waals surface area contributed by atoms with Gasteiger partial charge in [0.25, 0.3) is 0 Å². The summed E-state index contributed by atoms with van der Waals surface area (Å²) in [6.07, 6.45) is 3.67. The van der Waals surface area contributed by atoms with Crippen molar-refractivity contribution < 1.29 is 5.11 Å². The molecule has 0 aliphatic carbocycles. The lowest BCUT2D eigenvalue weighted by atomic mass is 9.81. The molecule has 1 aliphatic heterocycles. The average molecular weight is 227 g/mol. The van der Waals surface area contributed by atoms with Gasteiger partial charge in [-0.25, -0.2) is 0 Å². The normalized spacial score (nSPS) is 23.6. The molecule has 0 aromatic heterocycles. The summed E-state index contributed by atoms with van der Waals surface area (Å²) in [5, 5.41) is 9.76. The largest absolute Gasteiger partial charge is 0.393 e. The highest BCUT2D eigenvalue weighted by Gasteiger charge is 2.37. The molecule has 2 nitrogen and oxygen atoms in total. The molecule has 1 heterocycles. The van der Waals surface area contributed by atoms with Gasteiger partial charge in [0.15, 0.2) is 0 Å². The summed E-state index contributed by atoms with van der Waals surface area (Å²) in [5.41, 5.74) is 0.562. The van der Waals surface area contributed by atoms with Gasteiger partial charge in [-0.05, 0) is 38.1 Å². The van der Waals surface area contributed by atoms with Crippen molar-refractivity contribution in [1.82, 2.24) is 4.90 Å². The molecule has 1 atom stereocenters. The van der Waals surface area contributed by atoms with E-state index in [2.05, 4.69) is 32.6 Å². The number of hydrogen-bond donors (Lipinski definition) is 1. The Kier molecular flexibility index (Phi) is 4.42. The third-order valence-electron chi connectivity index (χ3n) is 4.78. The molecule has 0 bridgehead atoms. The van der Waals surface area contributed by atoms with E-state index in [-0.39, 0.29) is 11.5 Å². The van der Waals surface area contributed by atoms with Gasteiger partial charge < -0.3 is 10.0 Å². The minimum atomic E-state index is -0.231. The maximum absolute atomic E-state index is 9.76. The molecule has 0 aromatic rings. The van der Waals surface area contributed by atoms with Gasteiger partial charge in [0.2, 0.25) is 0 Å². The van der Waals surface area contributed by atoms with Crippen molar-refractivity contribution in [2.45, 2.75) is 60.0 Å². The third-order valence-corrected chi connectivity index (χ3v) is 4.78. The molecular formula is C14H29NO. The van der Waals surface area contributed by atoms with Crippen molar-refractivity contribution >= 4 is 0 Å². The van der Waals surface area contributed by atoms with Crippen LogP contribution in [0, 0.1) is 10.8 Å². The molecule has 0 spiro atoms. The minimum absolute atomic E-state index is 0.0115. The Bertz CT molecular complexity index is 219. The Morgan fingerprint density at radius 3 is 2.25 bits per heavy atom. The molecule has 1 fully saturated rings. The van der Waals surface area contributed by atoms with Crippen LogP contribution in [0.25, 0.3) is 0 Å². The van der Waals surface area contributed by atoms with Crippen LogP contribution in [0.4, 0.5) is 0 Å². The summed E-state index contributed by atoms with van der Waals surface area (Å²) in [6, 6.07) is 0. The van der Waals surface area contributed by atoms with Crippen molar-refractivity contribution in [2.75, 3.05) is 19.6 Å². The van der Waals surface area contributed by atoms with Crippen LogP contribution < -0.4 is 0 Å². The molecule has 0 amide bonds. The van der Waals surface area contributed by atoms with Gasteiger partial charge in [0.05, 0.1) is 6.10 Å². The second kappa shape index (κ2) is 5.05. The average Bonchev–Trinajstić information content (AvgIpc) is 2.61. The molecule has 1 unspecified atom stereocenters. The number of aliphatic hydroxyl groups excluding tert-OH is 1. The van der Waals surface area contributed by atoms with Crippen LogP contribution in [-0.4, -0.2) is 35.7 Å². The zero-order valence-corrected chi connectivity index (χ0v) is 11.7. The number of nitrogens with zero attached hydrogens (tertiary/aromatic N) is 1. The molecule has 0 saturated carbocycles. The number of aliphatic hydroxyl groups is 1. The van der Waals surface area contributed by atoms with Gasteiger partial charge >= 0.3 is 0 Å². The van der Waals surface area contributed by atoms with Crippen LogP contribution >= 0.6 is 0 Å². The van der Waals surface area contributed by atoms with E-state index in [9.17, 15) is 5.11 Å². The standard InChI is InChI=1S/C14H29NO/c1-6-14(7-2)8-9-15(11-14)10-13(4,5)12(3)16/h12,16H,6-11H2,1-5H3. The van der Waals surface area contributed by atoms with E-state index >= 15 is 0 Å². The van der Waals surface area contributed by atoms with Gasteiger partial charge in [-0.3, -0.25) is 0 Å². The predicted octanol–water partition coefficient (Wildman–Crippen LogP) is 2.91. The quantitative estimate of drug-likeness (QED) is 0.780. The zero-order valence-electron chi connectivity index (χ0n) is 11.7. The van der Waals surface area contributed by atoms with E-state index in [4.69, 9.17) is 0 Å². The molecule has 0 aromatic carbocycles. The minimum Gasteiger partial charge on any atom is -0.393 e. The van der Waals surface area contributed by atoms with E-state index in [0.29, 0.717) is 5.41 Å². The Labute approximate surface area is 101 Å². The van der Waals surface area contributed by atoms with Gasteiger partial charge in [0, 0.05) is 18.5 Å². The topological polar surface area (TPSA) is 23.5 Å². The van der Waals surface area contributed by atoms with Gasteiger partial charge in [-0.15, -0.1) is 0 Å². The number of hydrogen-bond acceptors (Lipinski definition) is 2. The Morgan fingerprint density at radius 2 is 1.88 bits per heavy atom. The maximum Gasteiger partial charge on any atom is 0.0575 e. The van der Waals surface area contributed by atoms with Crippen molar-refractivity contribution in [3.63, 3.8) is 0 Å². The van der Waals surface area contributed by atoms with Crippen LogP contribution in [0.5, 0.6) is 0 Å². The zero-order chi connectivity index (χ0) is 12.4. The van der Waals surface area contributed by atoms with Crippen molar-refractivity contribution in [3.05, 3.63) is 0 Å². The smallest absolute Gasteiger partial charge is 0.0575 e. The predicted molar refractivity (Wildman–Crippen MR) is 69.5 cm³/mol. The van der Waals surface area contributed by atoms with Crippen molar-refractivity contribution in [1.29, 1.82) is 0 Å². The first-order chi connectivity index (χ1) is 7.35. The van der Waals surface area contributed by atoms with Gasteiger partial charge in [-0.2, -0.15) is 0 Å². The van der Waals surface area contributed by atoms with Gasteiger partial charge in [0.1, 0.15) is 0 Å². The Balaban J connectivity index is 2.54. The summed E-state index contributed by atoms with van der Waals surface area (Å²) in [4.78, 5) is 2.54. The first kappa shape index (κ1) is 14.0. The molecular weight excluding hydrogens is 198 g/mol. The highest BCUT2D eigenvalue weighted by molar-refractivity contribution is 4.90. The Morgan fingerprint density at radius 1 is 1.31 bits per heavy atom. The molecule has 0 radical (unpaired) electrons. The maximum atomic E-state index is 9.76. The van der Waals surface area contributed by atoms with Crippen LogP contribution in [0.15, 0.2) is 0 Å².